The molecule has 0 unspecified atom stereocenters. The van der Waals surface area contributed by atoms with E-state index in [1.165, 1.54) is 0 Å². The van der Waals surface area contributed by atoms with Crippen LogP contribution in [0, 0.1) is 11.3 Å². The first-order valence-electron chi connectivity index (χ1n) is 6.05. The van der Waals surface area contributed by atoms with Gasteiger partial charge < -0.3 is 15.4 Å². The minimum Gasteiger partial charge on any atom is -0.479 e. The van der Waals surface area contributed by atoms with Crippen molar-refractivity contribution in [3.63, 3.8) is 0 Å². The van der Waals surface area contributed by atoms with Gasteiger partial charge in [-0.1, -0.05) is 0 Å². The van der Waals surface area contributed by atoms with E-state index in [1.807, 2.05) is 26.8 Å². The molecule has 0 heterocycles. The first-order valence-corrected chi connectivity index (χ1v) is 6.05. The summed E-state index contributed by atoms with van der Waals surface area (Å²) in [6.45, 7) is 6.28. The average molecular weight is 261 g/mol. The predicted molar refractivity (Wildman–Crippen MR) is 73.9 cm³/mol. The second-order valence-corrected chi connectivity index (χ2v) is 5.12. The molecule has 0 radical (unpaired) electrons. The molecule has 2 N–H and O–H groups in total. The highest BCUT2D eigenvalue weighted by molar-refractivity contribution is 5.92. The third kappa shape index (κ3) is 6.43. The molecule has 0 atom stereocenters. The van der Waals surface area contributed by atoms with Crippen molar-refractivity contribution in [1.82, 2.24) is 5.32 Å². The Morgan fingerprint density at radius 2 is 1.95 bits per heavy atom. The highest BCUT2D eigenvalue weighted by Gasteiger charge is 2.11. The van der Waals surface area contributed by atoms with Crippen LogP contribution in [0.2, 0.25) is 0 Å². The molecule has 19 heavy (non-hydrogen) atoms. The van der Waals surface area contributed by atoms with Crippen LogP contribution in [0.4, 0.5) is 5.69 Å². The van der Waals surface area contributed by atoms with Gasteiger partial charge in [0.2, 0.25) is 5.91 Å². The molecule has 0 saturated heterocycles. The summed E-state index contributed by atoms with van der Waals surface area (Å²) < 4.78 is 5.12. The average Bonchev–Trinajstić information content (AvgIpc) is 2.35. The first-order chi connectivity index (χ1) is 8.90. The molecule has 0 fully saturated rings. The molecule has 102 valence electrons. The summed E-state index contributed by atoms with van der Waals surface area (Å²) in [6, 6.07) is 8.79. The third-order valence-electron chi connectivity index (χ3n) is 2.22. The Bertz CT molecular complexity index is 455. The van der Waals surface area contributed by atoms with Crippen LogP contribution < -0.4 is 15.4 Å². The third-order valence-corrected chi connectivity index (χ3v) is 2.22. The van der Waals surface area contributed by atoms with Gasteiger partial charge in [0.05, 0.1) is 6.54 Å². The van der Waals surface area contributed by atoms with Crippen LogP contribution in [0.15, 0.2) is 24.3 Å². The van der Waals surface area contributed by atoms with Crippen LogP contribution in [0.1, 0.15) is 20.8 Å². The van der Waals surface area contributed by atoms with Crippen molar-refractivity contribution in [2.45, 2.75) is 26.3 Å². The summed E-state index contributed by atoms with van der Waals surface area (Å²) in [5, 5.41) is 14.3. The van der Waals surface area contributed by atoms with Crippen LogP contribution >= 0.6 is 0 Å². The lowest BCUT2D eigenvalue weighted by Gasteiger charge is -2.20. The van der Waals surface area contributed by atoms with Crippen molar-refractivity contribution in [3.05, 3.63) is 24.3 Å². The van der Waals surface area contributed by atoms with E-state index in [4.69, 9.17) is 10.00 Å². The largest absolute Gasteiger partial charge is 0.479 e. The smallest absolute Gasteiger partial charge is 0.238 e. The number of carbonyl (C=O) groups is 1. The summed E-state index contributed by atoms with van der Waals surface area (Å²) in [5.41, 5.74) is 0.608. The number of nitrogens with one attached hydrogen (secondary N) is 2. The fourth-order valence-corrected chi connectivity index (χ4v) is 1.30. The zero-order valence-electron chi connectivity index (χ0n) is 11.5. The van der Waals surface area contributed by atoms with E-state index in [0.717, 1.165) is 0 Å². The molecule has 0 aromatic heterocycles. The minimum atomic E-state index is -0.0966. The molecule has 5 nitrogen and oxygen atoms in total. The van der Waals surface area contributed by atoms with E-state index in [2.05, 4.69) is 10.6 Å². The molecule has 0 aliphatic heterocycles. The van der Waals surface area contributed by atoms with Gasteiger partial charge in [-0.05, 0) is 45.0 Å². The molecule has 0 aliphatic carbocycles. The van der Waals surface area contributed by atoms with Gasteiger partial charge in [0, 0.05) is 11.2 Å². The maximum Gasteiger partial charge on any atom is 0.238 e. The van der Waals surface area contributed by atoms with E-state index in [1.54, 1.807) is 24.3 Å². The Morgan fingerprint density at radius 3 is 2.47 bits per heavy atom. The van der Waals surface area contributed by atoms with Gasteiger partial charge in [-0.2, -0.15) is 5.26 Å². The Labute approximate surface area is 113 Å². The Hall–Kier alpha value is -2.06. The number of anilines is 1. The van der Waals surface area contributed by atoms with E-state index < -0.39 is 0 Å². The summed E-state index contributed by atoms with van der Waals surface area (Å²) in [5.74, 6) is 0.507. The van der Waals surface area contributed by atoms with E-state index >= 15 is 0 Å². The SMILES string of the molecule is CC(C)(C)NCC(=O)Nc1ccc(OCC#N)cc1. The number of carbonyl (C=O) groups excluding carboxylic acids is 1. The van der Waals surface area contributed by atoms with Gasteiger partial charge >= 0.3 is 0 Å². The van der Waals surface area contributed by atoms with E-state index in [9.17, 15) is 4.79 Å². The summed E-state index contributed by atoms with van der Waals surface area (Å²) in [7, 11) is 0. The molecule has 1 aromatic carbocycles. The zero-order chi connectivity index (χ0) is 14.3. The van der Waals surface area contributed by atoms with Crippen LogP contribution in [-0.4, -0.2) is 24.6 Å². The lowest BCUT2D eigenvalue weighted by Crippen LogP contribution is -2.41. The van der Waals surface area contributed by atoms with Gasteiger partial charge in [0.15, 0.2) is 6.61 Å². The number of nitrogens with zero attached hydrogens (tertiary/aromatic N) is 1. The second kappa shape index (κ2) is 6.76. The second-order valence-electron chi connectivity index (χ2n) is 5.12. The highest BCUT2D eigenvalue weighted by atomic mass is 16.5. The zero-order valence-corrected chi connectivity index (χ0v) is 11.5. The van der Waals surface area contributed by atoms with E-state index in [0.29, 0.717) is 11.4 Å². The number of rotatable bonds is 5. The monoisotopic (exact) mass is 261 g/mol. The number of benzene rings is 1. The van der Waals surface area contributed by atoms with Crippen LogP contribution in [0.25, 0.3) is 0 Å². The molecule has 0 spiro atoms. The Morgan fingerprint density at radius 1 is 1.32 bits per heavy atom. The fourth-order valence-electron chi connectivity index (χ4n) is 1.30. The molecule has 5 heteroatoms. The van der Waals surface area contributed by atoms with Gasteiger partial charge in [-0.25, -0.2) is 0 Å². The lowest BCUT2D eigenvalue weighted by molar-refractivity contribution is -0.115. The summed E-state index contributed by atoms with van der Waals surface area (Å²) >= 11 is 0. The lowest BCUT2D eigenvalue weighted by atomic mass is 10.1. The van der Waals surface area contributed by atoms with Crippen LogP contribution in [0.5, 0.6) is 5.75 Å². The highest BCUT2D eigenvalue weighted by Crippen LogP contribution is 2.15. The van der Waals surface area contributed by atoms with Crippen molar-refractivity contribution >= 4 is 11.6 Å². The Balaban J connectivity index is 2.45. The summed E-state index contributed by atoms with van der Waals surface area (Å²) in [6.07, 6.45) is 0. The molecule has 0 saturated carbocycles. The van der Waals surface area contributed by atoms with Gasteiger partial charge in [-0.3, -0.25) is 4.79 Å². The normalized spacial score (nSPS) is 10.6. The standard InChI is InChI=1S/C14H19N3O2/c1-14(2,3)16-10-13(18)17-11-4-6-12(7-5-11)19-9-8-15/h4-7,16H,9-10H2,1-3H3,(H,17,18). The van der Waals surface area contributed by atoms with Crippen molar-refractivity contribution in [2.24, 2.45) is 0 Å². The van der Waals surface area contributed by atoms with Crippen molar-refractivity contribution in [1.29, 1.82) is 5.26 Å². The molecule has 1 rings (SSSR count). The first kappa shape index (κ1) is 15.0. The number of ether oxygens (including phenoxy) is 1. The molecule has 1 amide bonds. The molecule has 0 bridgehead atoms. The van der Waals surface area contributed by atoms with Crippen molar-refractivity contribution < 1.29 is 9.53 Å². The fraction of sp³-hybridized carbons (Fsp3) is 0.429. The number of amides is 1. The van der Waals surface area contributed by atoms with Crippen LogP contribution in [0.3, 0.4) is 0 Å². The van der Waals surface area contributed by atoms with Crippen molar-refractivity contribution in [3.8, 4) is 11.8 Å². The minimum absolute atomic E-state index is 0.0151. The Kier molecular flexibility index (Phi) is 5.34. The number of hydrogen-bond donors (Lipinski definition) is 2. The number of hydrogen-bond acceptors (Lipinski definition) is 4. The molecular formula is C14H19N3O2. The maximum absolute atomic E-state index is 11.7. The number of nitriles is 1. The maximum atomic E-state index is 11.7. The van der Waals surface area contributed by atoms with Gasteiger partial charge in [0.25, 0.3) is 0 Å². The van der Waals surface area contributed by atoms with Crippen LogP contribution in [-0.2, 0) is 4.79 Å². The van der Waals surface area contributed by atoms with E-state index in [-0.39, 0.29) is 24.6 Å². The summed E-state index contributed by atoms with van der Waals surface area (Å²) in [4.78, 5) is 11.7. The predicted octanol–water partition coefficient (Wildman–Crippen LogP) is 1.92. The van der Waals surface area contributed by atoms with Gasteiger partial charge in [-0.15, -0.1) is 0 Å². The quantitative estimate of drug-likeness (QED) is 0.849. The van der Waals surface area contributed by atoms with Crippen molar-refractivity contribution in [2.75, 3.05) is 18.5 Å². The topological polar surface area (TPSA) is 74.2 Å². The molecule has 1 aromatic rings. The van der Waals surface area contributed by atoms with Gasteiger partial charge in [0.1, 0.15) is 11.8 Å². The molecule has 0 aliphatic rings. The molecular weight excluding hydrogens is 242 g/mol.